The summed E-state index contributed by atoms with van der Waals surface area (Å²) in [5.41, 5.74) is 0.914. The molecule has 114 valence electrons. The average molecular weight is 288 g/mol. The van der Waals surface area contributed by atoms with Crippen LogP contribution in [0.5, 0.6) is 0 Å². The molecule has 1 saturated heterocycles. The van der Waals surface area contributed by atoms with Crippen LogP contribution in [-0.4, -0.2) is 43.8 Å². The third-order valence-electron chi connectivity index (χ3n) is 4.55. The van der Waals surface area contributed by atoms with Crippen molar-refractivity contribution >= 4 is 11.0 Å². The molecule has 1 aliphatic heterocycles. The highest BCUT2D eigenvalue weighted by Gasteiger charge is 2.38. The third kappa shape index (κ3) is 2.71. The molecule has 1 aromatic heterocycles. The lowest BCUT2D eigenvalue weighted by Gasteiger charge is -2.44. The summed E-state index contributed by atoms with van der Waals surface area (Å²) in [6.07, 6.45) is 0. The van der Waals surface area contributed by atoms with Gasteiger partial charge in [-0.25, -0.2) is 0 Å². The summed E-state index contributed by atoms with van der Waals surface area (Å²) >= 11 is 0. The van der Waals surface area contributed by atoms with Crippen LogP contribution in [0.3, 0.4) is 0 Å². The van der Waals surface area contributed by atoms with E-state index in [2.05, 4.69) is 36.2 Å². The highest BCUT2D eigenvalue weighted by atomic mass is 16.5. The summed E-state index contributed by atoms with van der Waals surface area (Å²) in [6, 6.07) is 10.5. The zero-order valence-electron chi connectivity index (χ0n) is 13.1. The van der Waals surface area contributed by atoms with Crippen molar-refractivity contribution in [3.8, 4) is 0 Å². The zero-order valence-corrected chi connectivity index (χ0v) is 13.1. The summed E-state index contributed by atoms with van der Waals surface area (Å²) in [5.74, 6) is 0.996. The van der Waals surface area contributed by atoms with Crippen LogP contribution in [0.1, 0.15) is 25.6 Å². The van der Waals surface area contributed by atoms with E-state index in [1.165, 1.54) is 0 Å². The van der Waals surface area contributed by atoms with Crippen LogP contribution in [0.25, 0.3) is 11.0 Å². The molecule has 1 fully saturated rings. The molecule has 2 heterocycles. The van der Waals surface area contributed by atoms with Crippen LogP contribution in [0.4, 0.5) is 0 Å². The van der Waals surface area contributed by atoms with Gasteiger partial charge in [0.1, 0.15) is 11.3 Å². The summed E-state index contributed by atoms with van der Waals surface area (Å²) in [6.45, 7) is 8.08. The van der Waals surface area contributed by atoms with E-state index in [1.54, 1.807) is 0 Å². The molecular formula is C17H24N2O2. The van der Waals surface area contributed by atoms with Gasteiger partial charge in [-0.15, -0.1) is 0 Å². The second-order valence-corrected chi connectivity index (χ2v) is 6.16. The van der Waals surface area contributed by atoms with Gasteiger partial charge in [-0.05, 0) is 33.0 Å². The molecular weight excluding hydrogens is 264 g/mol. The van der Waals surface area contributed by atoms with Gasteiger partial charge in [-0.3, -0.25) is 4.90 Å². The van der Waals surface area contributed by atoms with Gasteiger partial charge in [0.15, 0.2) is 0 Å². The van der Waals surface area contributed by atoms with Crippen LogP contribution in [0, 0.1) is 0 Å². The van der Waals surface area contributed by atoms with Crippen molar-refractivity contribution in [1.82, 2.24) is 10.2 Å². The zero-order chi connectivity index (χ0) is 14.9. The molecule has 0 saturated carbocycles. The van der Waals surface area contributed by atoms with E-state index in [-0.39, 0.29) is 11.6 Å². The summed E-state index contributed by atoms with van der Waals surface area (Å²) < 4.78 is 11.6. The second-order valence-electron chi connectivity index (χ2n) is 6.16. The largest absolute Gasteiger partial charge is 0.459 e. The number of para-hydroxylation sites is 1. The fourth-order valence-electron chi connectivity index (χ4n) is 3.31. The van der Waals surface area contributed by atoms with Crippen LogP contribution in [0.2, 0.25) is 0 Å². The smallest absolute Gasteiger partial charge is 0.134 e. The molecule has 0 spiro atoms. The highest BCUT2D eigenvalue weighted by Crippen LogP contribution is 2.34. The maximum atomic E-state index is 6.08. The Morgan fingerprint density at radius 1 is 1.19 bits per heavy atom. The van der Waals surface area contributed by atoms with Crippen LogP contribution in [0.15, 0.2) is 34.7 Å². The lowest BCUT2D eigenvalue weighted by molar-refractivity contribution is -0.0252. The minimum absolute atomic E-state index is 0.0353. The molecule has 21 heavy (non-hydrogen) atoms. The Hall–Kier alpha value is -1.36. The summed E-state index contributed by atoms with van der Waals surface area (Å²) in [7, 11) is 2.00. The number of hydrogen-bond donors (Lipinski definition) is 1. The first-order chi connectivity index (χ1) is 10.1. The van der Waals surface area contributed by atoms with Crippen molar-refractivity contribution in [3.63, 3.8) is 0 Å². The van der Waals surface area contributed by atoms with E-state index in [1.807, 2.05) is 25.2 Å². The lowest BCUT2D eigenvalue weighted by atomic mass is 9.90. The van der Waals surface area contributed by atoms with E-state index in [0.29, 0.717) is 0 Å². The Balaban J connectivity index is 1.92. The second kappa shape index (κ2) is 5.79. The van der Waals surface area contributed by atoms with Crippen LogP contribution >= 0.6 is 0 Å². The van der Waals surface area contributed by atoms with Gasteiger partial charge < -0.3 is 14.5 Å². The molecule has 0 amide bonds. The SMILES string of the molecule is CNC(c1cc2ccccc2o1)C(C)(C)N1CCOCC1. The highest BCUT2D eigenvalue weighted by molar-refractivity contribution is 5.77. The van der Waals surface area contributed by atoms with Crippen molar-refractivity contribution in [1.29, 1.82) is 0 Å². The van der Waals surface area contributed by atoms with Crippen molar-refractivity contribution in [2.75, 3.05) is 33.4 Å². The predicted molar refractivity (Wildman–Crippen MR) is 84.5 cm³/mol. The molecule has 0 aliphatic carbocycles. The molecule has 1 atom stereocenters. The summed E-state index contributed by atoms with van der Waals surface area (Å²) in [5, 5.41) is 4.60. The van der Waals surface area contributed by atoms with Crippen LogP contribution < -0.4 is 5.32 Å². The first-order valence-electron chi connectivity index (χ1n) is 7.61. The predicted octanol–water partition coefficient (Wildman–Crippen LogP) is 2.80. The van der Waals surface area contributed by atoms with Gasteiger partial charge in [0.05, 0.1) is 19.3 Å². The number of nitrogens with one attached hydrogen (secondary N) is 1. The van der Waals surface area contributed by atoms with Crippen molar-refractivity contribution in [3.05, 3.63) is 36.1 Å². The Morgan fingerprint density at radius 2 is 1.90 bits per heavy atom. The van der Waals surface area contributed by atoms with Gasteiger partial charge in [-0.2, -0.15) is 0 Å². The molecule has 1 aromatic carbocycles. The Morgan fingerprint density at radius 3 is 2.57 bits per heavy atom. The minimum Gasteiger partial charge on any atom is -0.459 e. The number of hydrogen-bond acceptors (Lipinski definition) is 4. The van der Waals surface area contributed by atoms with Gasteiger partial charge in [0.25, 0.3) is 0 Å². The van der Waals surface area contributed by atoms with E-state index < -0.39 is 0 Å². The monoisotopic (exact) mass is 288 g/mol. The lowest BCUT2D eigenvalue weighted by Crippen LogP contribution is -2.55. The van der Waals surface area contributed by atoms with E-state index in [4.69, 9.17) is 9.15 Å². The Kier molecular flexibility index (Phi) is 4.02. The normalized spacial score (nSPS) is 19.0. The molecule has 1 N–H and O–H groups in total. The molecule has 1 unspecified atom stereocenters. The molecule has 1 aliphatic rings. The van der Waals surface area contributed by atoms with Crippen molar-refractivity contribution in [2.45, 2.75) is 25.4 Å². The summed E-state index contributed by atoms with van der Waals surface area (Å²) in [4.78, 5) is 2.48. The van der Waals surface area contributed by atoms with Gasteiger partial charge in [0, 0.05) is 24.0 Å². The van der Waals surface area contributed by atoms with Gasteiger partial charge in [-0.1, -0.05) is 18.2 Å². The van der Waals surface area contributed by atoms with E-state index >= 15 is 0 Å². The fraction of sp³-hybridized carbons (Fsp3) is 0.529. The number of likely N-dealkylation sites (N-methyl/N-ethyl adjacent to an activating group) is 1. The topological polar surface area (TPSA) is 37.6 Å². The number of benzene rings is 1. The fourth-order valence-corrected chi connectivity index (χ4v) is 3.31. The quantitative estimate of drug-likeness (QED) is 0.939. The molecule has 4 heteroatoms. The molecule has 2 aromatic rings. The number of fused-ring (bicyclic) bond motifs is 1. The molecule has 3 rings (SSSR count). The van der Waals surface area contributed by atoms with E-state index in [9.17, 15) is 0 Å². The van der Waals surface area contributed by atoms with Crippen molar-refractivity contribution in [2.24, 2.45) is 0 Å². The Bertz CT molecular complexity index is 567. The third-order valence-corrected chi connectivity index (χ3v) is 4.55. The molecule has 0 bridgehead atoms. The average Bonchev–Trinajstić information content (AvgIpc) is 2.92. The number of ether oxygens (including phenoxy) is 1. The molecule has 0 radical (unpaired) electrons. The number of morpholine rings is 1. The number of nitrogens with zero attached hydrogens (tertiary/aromatic N) is 1. The first kappa shape index (κ1) is 14.6. The maximum Gasteiger partial charge on any atom is 0.134 e. The Labute approximate surface area is 126 Å². The molecule has 4 nitrogen and oxygen atoms in total. The first-order valence-corrected chi connectivity index (χ1v) is 7.61. The van der Waals surface area contributed by atoms with E-state index in [0.717, 1.165) is 43.0 Å². The number of rotatable bonds is 4. The van der Waals surface area contributed by atoms with Gasteiger partial charge >= 0.3 is 0 Å². The van der Waals surface area contributed by atoms with Crippen LogP contribution in [-0.2, 0) is 4.74 Å². The maximum absolute atomic E-state index is 6.08. The standard InChI is InChI=1S/C17H24N2O2/c1-17(2,19-8-10-20-11-9-19)16(18-3)15-12-13-6-4-5-7-14(13)21-15/h4-7,12,16,18H,8-11H2,1-3H3. The van der Waals surface area contributed by atoms with Crippen molar-refractivity contribution < 1.29 is 9.15 Å². The number of furan rings is 1. The van der Waals surface area contributed by atoms with Gasteiger partial charge in [0.2, 0.25) is 0 Å². The minimum atomic E-state index is -0.0353.